The maximum absolute atomic E-state index is 13.3. The van der Waals surface area contributed by atoms with Crippen LogP contribution >= 0.6 is 7.60 Å². The lowest BCUT2D eigenvalue weighted by Gasteiger charge is -2.44. The fourth-order valence-corrected chi connectivity index (χ4v) is 8.76. The molecule has 3 aliphatic carbocycles. The van der Waals surface area contributed by atoms with Crippen LogP contribution in [0.25, 0.3) is 0 Å². The van der Waals surface area contributed by atoms with Gasteiger partial charge in [0, 0.05) is 6.42 Å². The Labute approximate surface area is 229 Å². The molecule has 0 radical (unpaired) electrons. The van der Waals surface area contributed by atoms with Gasteiger partial charge in [-0.15, -0.1) is 0 Å². The molecule has 3 saturated carbocycles. The number of aliphatic hydroxyl groups is 2. The van der Waals surface area contributed by atoms with Gasteiger partial charge < -0.3 is 19.3 Å². The Kier molecular flexibility index (Phi) is 10.3. The standard InChI is InChI=1S/C31H49O6P/c1-8-36-38(35,37-9-2)30(5,6)29(34)17-12-21(3)26-15-16-27-23(11-10-18-31(26,27)7)13-14-24-19-25(32)20-28(33)22(24)4/h12-14,17,21,25-28,32-33H,4,8-11,15-16,18-20H2,1-3,5-7H3/t21-,25-,26-,27?,28+,31-/m1/s1. The van der Waals surface area contributed by atoms with E-state index in [1.165, 1.54) is 5.57 Å². The van der Waals surface area contributed by atoms with E-state index in [0.29, 0.717) is 24.7 Å². The first-order valence-electron chi connectivity index (χ1n) is 14.4. The van der Waals surface area contributed by atoms with Crippen molar-refractivity contribution >= 4 is 13.4 Å². The summed E-state index contributed by atoms with van der Waals surface area (Å²) in [5, 5.41) is 19.1. The fraction of sp³-hybridized carbons (Fsp3) is 0.710. The van der Waals surface area contributed by atoms with Crippen LogP contribution in [-0.4, -0.2) is 46.6 Å². The Morgan fingerprint density at radius 2 is 1.87 bits per heavy atom. The van der Waals surface area contributed by atoms with Crippen molar-refractivity contribution in [2.24, 2.45) is 23.2 Å². The Balaban J connectivity index is 1.76. The molecule has 0 aromatic heterocycles. The predicted octanol–water partition coefficient (Wildman–Crippen LogP) is 6.93. The summed E-state index contributed by atoms with van der Waals surface area (Å²) in [4.78, 5) is 13.2. The van der Waals surface area contributed by atoms with E-state index in [4.69, 9.17) is 9.05 Å². The number of aliphatic hydroxyl groups excluding tert-OH is 2. The molecule has 6 atom stereocenters. The van der Waals surface area contributed by atoms with E-state index in [9.17, 15) is 19.6 Å². The molecule has 0 aliphatic heterocycles. The molecule has 7 heteroatoms. The molecule has 2 N–H and O–H groups in total. The number of allylic oxidation sites excluding steroid dienone is 5. The van der Waals surface area contributed by atoms with Gasteiger partial charge in [-0.3, -0.25) is 9.36 Å². The molecule has 1 unspecified atom stereocenters. The first-order valence-corrected chi connectivity index (χ1v) is 15.9. The average molecular weight is 549 g/mol. The Morgan fingerprint density at radius 3 is 2.50 bits per heavy atom. The third-order valence-electron chi connectivity index (χ3n) is 9.37. The summed E-state index contributed by atoms with van der Waals surface area (Å²) in [7, 11) is -3.59. The van der Waals surface area contributed by atoms with Gasteiger partial charge in [0.25, 0.3) is 0 Å². The molecule has 0 amide bonds. The van der Waals surface area contributed by atoms with E-state index in [0.717, 1.165) is 43.3 Å². The van der Waals surface area contributed by atoms with E-state index in [1.54, 1.807) is 33.8 Å². The second-order valence-corrected chi connectivity index (χ2v) is 14.8. The van der Waals surface area contributed by atoms with Crippen molar-refractivity contribution in [1.29, 1.82) is 0 Å². The molecule has 0 spiro atoms. The van der Waals surface area contributed by atoms with Crippen molar-refractivity contribution in [1.82, 2.24) is 0 Å². The molecule has 0 aromatic carbocycles. The summed E-state index contributed by atoms with van der Waals surface area (Å²) < 4.78 is 24.3. The topological polar surface area (TPSA) is 93.1 Å². The monoisotopic (exact) mass is 548 g/mol. The molecule has 214 valence electrons. The summed E-state index contributed by atoms with van der Waals surface area (Å²) in [6.45, 7) is 15.9. The minimum atomic E-state index is -3.59. The van der Waals surface area contributed by atoms with Crippen molar-refractivity contribution < 1.29 is 28.6 Å². The van der Waals surface area contributed by atoms with Gasteiger partial charge in [0.15, 0.2) is 5.78 Å². The largest absolute Gasteiger partial charge is 0.393 e. The zero-order valence-corrected chi connectivity index (χ0v) is 25.1. The number of carbonyl (C=O) groups excluding carboxylic acids is 1. The minimum absolute atomic E-state index is 0.138. The molecule has 3 fully saturated rings. The molecule has 3 rings (SSSR count). The van der Waals surface area contributed by atoms with Crippen molar-refractivity contribution in [3.8, 4) is 0 Å². The van der Waals surface area contributed by atoms with Gasteiger partial charge in [0.05, 0.1) is 25.4 Å². The van der Waals surface area contributed by atoms with Crippen LogP contribution in [0.4, 0.5) is 0 Å². The van der Waals surface area contributed by atoms with Crippen molar-refractivity contribution in [2.75, 3.05) is 13.2 Å². The van der Waals surface area contributed by atoms with Crippen LogP contribution < -0.4 is 0 Å². The van der Waals surface area contributed by atoms with Crippen LogP contribution in [0.15, 0.2) is 47.6 Å². The highest BCUT2D eigenvalue weighted by Gasteiger charge is 2.51. The number of fused-ring (bicyclic) bond motifs is 1. The number of rotatable bonds is 10. The molecular weight excluding hydrogens is 499 g/mol. The molecule has 0 saturated heterocycles. The van der Waals surface area contributed by atoms with Crippen LogP contribution in [0.1, 0.15) is 86.5 Å². The highest BCUT2D eigenvalue weighted by atomic mass is 31.2. The third kappa shape index (κ3) is 6.20. The molecule has 6 nitrogen and oxygen atoms in total. The lowest BCUT2D eigenvalue weighted by molar-refractivity contribution is -0.116. The van der Waals surface area contributed by atoms with E-state index < -0.39 is 25.0 Å². The van der Waals surface area contributed by atoms with Gasteiger partial charge in [0.2, 0.25) is 0 Å². The van der Waals surface area contributed by atoms with Gasteiger partial charge in [-0.25, -0.2) is 0 Å². The second kappa shape index (κ2) is 12.5. The third-order valence-corrected chi connectivity index (χ3v) is 12.2. The second-order valence-electron chi connectivity index (χ2n) is 12.1. The van der Waals surface area contributed by atoms with Gasteiger partial charge >= 0.3 is 7.60 Å². The number of hydrogen-bond donors (Lipinski definition) is 2. The molecule has 0 heterocycles. The van der Waals surface area contributed by atoms with Gasteiger partial charge in [-0.05, 0) is 107 Å². The summed E-state index contributed by atoms with van der Waals surface area (Å²) in [5.41, 5.74) is 3.25. The first kappa shape index (κ1) is 31.2. The molecule has 3 aliphatic rings. The Hall–Kier alpha value is -1.30. The summed E-state index contributed by atoms with van der Waals surface area (Å²) in [6, 6.07) is 0. The predicted molar refractivity (Wildman–Crippen MR) is 153 cm³/mol. The van der Waals surface area contributed by atoms with E-state index in [2.05, 4.69) is 32.6 Å². The SMILES string of the molecule is C=C1C(=CC=C2CCC[C@@]3(C)C2CC[C@@H]3[C@H](C)C=CC(=O)C(C)(C)P(=O)(OCC)OCC)C[C@@H](O)C[C@@H]1O. The zero-order valence-electron chi connectivity index (χ0n) is 24.2. The number of carbonyl (C=O) groups is 1. The van der Waals surface area contributed by atoms with Crippen LogP contribution in [0, 0.1) is 23.2 Å². The zero-order chi connectivity index (χ0) is 28.3. The first-order chi connectivity index (χ1) is 17.8. The van der Waals surface area contributed by atoms with Gasteiger partial charge in [-0.2, -0.15) is 0 Å². The average Bonchev–Trinajstić information content (AvgIpc) is 3.21. The molecule has 0 bridgehead atoms. The maximum Gasteiger partial charge on any atom is 0.343 e. The smallest absolute Gasteiger partial charge is 0.343 e. The maximum atomic E-state index is 13.3. The quantitative estimate of drug-likeness (QED) is 0.227. The highest BCUT2D eigenvalue weighted by molar-refractivity contribution is 7.56. The summed E-state index contributed by atoms with van der Waals surface area (Å²) >= 11 is 0. The normalized spacial score (nSPS) is 33.7. The minimum Gasteiger partial charge on any atom is -0.393 e. The van der Waals surface area contributed by atoms with Crippen LogP contribution in [-0.2, 0) is 18.4 Å². The van der Waals surface area contributed by atoms with Crippen molar-refractivity contribution in [3.63, 3.8) is 0 Å². The van der Waals surface area contributed by atoms with E-state index >= 15 is 0 Å². The summed E-state index contributed by atoms with van der Waals surface area (Å²) in [5.74, 6) is 0.880. The van der Waals surface area contributed by atoms with Crippen LogP contribution in [0.3, 0.4) is 0 Å². The lowest BCUT2D eigenvalue weighted by atomic mass is 9.61. The van der Waals surface area contributed by atoms with Crippen LogP contribution in [0.5, 0.6) is 0 Å². The Morgan fingerprint density at radius 1 is 1.21 bits per heavy atom. The van der Waals surface area contributed by atoms with Crippen molar-refractivity contribution in [3.05, 3.63) is 47.6 Å². The summed E-state index contributed by atoms with van der Waals surface area (Å²) in [6.07, 6.45) is 13.1. The highest BCUT2D eigenvalue weighted by Crippen LogP contribution is 2.61. The van der Waals surface area contributed by atoms with E-state index in [1.807, 2.05) is 6.08 Å². The lowest BCUT2D eigenvalue weighted by Crippen LogP contribution is -2.36. The number of hydrogen-bond acceptors (Lipinski definition) is 6. The number of ketones is 1. The van der Waals surface area contributed by atoms with Crippen molar-refractivity contribution in [2.45, 2.75) is 104 Å². The molecule has 38 heavy (non-hydrogen) atoms. The van der Waals surface area contributed by atoms with Gasteiger partial charge in [0.1, 0.15) is 5.16 Å². The fourth-order valence-electron chi connectivity index (χ4n) is 7.02. The molecule has 0 aromatic rings. The van der Waals surface area contributed by atoms with E-state index in [-0.39, 0.29) is 30.3 Å². The van der Waals surface area contributed by atoms with Crippen LogP contribution in [0.2, 0.25) is 0 Å². The van der Waals surface area contributed by atoms with Gasteiger partial charge in [-0.1, -0.05) is 44.2 Å². The molecular formula is C31H49O6P. The Bertz CT molecular complexity index is 1010.